The molecule has 0 aliphatic rings. The van der Waals surface area contributed by atoms with Crippen LogP contribution in [0.5, 0.6) is 5.75 Å². The monoisotopic (exact) mass is 648 g/mol. The maximum Gasteiger partial charge on any atom is 0.356 e. The number of hydrogen-bond acceptors (Lipinski definition) is 10. The Labute approximate surface area is 273 Å². The minimum absolute atomic E-state index is 0.0154. The van der Waals surface area contributed by atoms with Gasteiger partial charge in [0.05, 0.1) is 18.5 Å². The molecule has 250 valence electrons. The number of aromatic amines is 1. The summed E-state index contributed by atoms with van der Waals surface area (Å²) in [5.41, 5.74) is 3.02. The van der Waals surface area contributed by atoms with Crippen LogP contribution < -0.4 is 4.74 Å². The van der Waals surface area contributed by atoms with Crippen molar-refractivity contribution in [2.24, 2.45) is 0 Å². The van der Waals surface area contributed by atoms with Gasteiger partial charge in [0.25, 0.3) is 5.97 Å². The number of fused-ring (bicyclic) bond motifs is 1. The van der Waals surface area contributed by atoms with Crippen LogP contribution in [-0.2, 0) is 41.7 Å². The van der Waals surface area contributed by atoms with Crippen LogP contribution in [0, 0.1) is 0 Å². The van der Waals surface area contributed by atoms with Crippen LogP contribution in [0.1, 0.15) is 52.2 Å². The third-order valence-corrected chi connectivity index (χ3v) is 6.82. The zero-order valence-corrected chi connectivity index (χ0v) is 26.9. The Bertz CT molecular complexity index is 1600. The Morgan fingerprint density at radius 1 is 0.851 bits per heavy atom. The molecule has 1 unspecified atom stereocenters. The SMILES string of the molecule is CC(=O)O.COCOC(=O)CC(C)N(CC(=O)c1ccc(OCc2ccccc2)c2[nH]c(C(=O)OCOC)cc12)Cc1ccccc1. The highest BCUT2D eigenvalue weighted by Crippen LogP contribution is 2.31. The number of Topliss-reactive ketones (excluding diaryl/α,β-unsaturated/α-hetero) is 1. The number of esters is 2. The lowest BCUT2D eigenvalue weighted by atomic mass is 10.0. The van der Waals surface area contributed by atoms with E-state index in [1.54, 1.807) is 18.2 Å². The van der Waals surface area contributed by atoms with Crippen LogP contribution in [-0.4, -0.2) is 79.1 Å². The fourth-order valence-electron chi connectivity index (χ4n) is 4.60. The van der Waals surface area contributed by atoms with Gasteiger partial charge in [-0.1, -0.05) is 60.7 Å². The fraction of sp³-hybridized carbons (Fsp3) is 0.314. The summed E-state index contributed by atoms with van der Waals surface area (Å²) in [6.07, 6.45) is 0.0742. The van der Waals surface area contributed by atoms with Gasteiger partial charge < -0.3 is 33.8 Å². The zero-order valence-electron chi connectivity index (χ0n) is 26.9. The first-order valence-corrected chi connectivity index (χ1v) is 14.8. The summed E-state index contributed by atoms with van der Waals surface area (Å²) in [6.45, 7) is 3.36. The maximum atomic E-state index is 13.9. The molecule has 3 aromatic carbocycles. The number of ether oxygens (including phenoxy) is 5. The number of carboxylic acid groups (broad SMARTS) is 1. The Morgan fingerprint density at radius 3 is 2.06 bits per heavy atom. The number of carbonyl (C=O) groups is 4. The van der Waals surface area contributed by atoms with Crippen molar-refractivity contribution in [2.45, 2.75) is 39.5 Å². The number of nitrogens with zero attached hydrogens (tertiary/aromatic N) is 1. The number of aromatic nitrogens is 1. The second kappa shape index (κ2) is 18.8. The lowest BCUT2D eigenvalue weighted by Crippen LogP contribution is -2.38. The van der Waals surface area contributed by atoms with Gasteiger partial charge in [0.1, 0.15) is 18.1 Å². The van der Waals surface area contributed by atoms with Crippen molar-refractivity contribution in [3.63, 3.8) is 0 Å². The van der Waals surface area contributed by atoms with Crippen molar-refractivity contribution in [3.8, 4) is 5.75 Å². The molecule has 1 aromatic heterocycles. The van der Waals surface area contributed by atoms with Crippen molar-refractivity contribution in [1.82, 2.24) is 9.88 Å². The fourth-order valence-corrected chi connectivity index (χ4v) is 4.60. The van der Waals surface area contributed by atoms with E-state index in [1.165, 1.54) is 14.2 Å². The molecule has 0 aliphatic carbocycles. The van der Waals surface area contributed by atoms with E-state index < -0.39 is 17.9 Å². The smallest absolute Gasteiger partial charge is 0.356 e. The number of rotatable bonds is 16. The van der Waals surface area contributed by atoms with Gasteiger partial charge in [-0.3, -0.25) is 19.3 Å². The number of nitrogens with one attached hydrogen (secondary N) is 1. The zero-order chi connectivity index (χ0) is 34.2. The van der Waals surface area contributed by atoms with Gasteiger partial charge in [-0.05, 0) is 36.2 Å². The van der Waals surface area contributed by atoms with E-state index in [0.717, 1.165) is 18.1 Å². The maximum absolute atomic E-state index is 13.9. The minimum atomic E-state index is -0.833. The summed E-state index contributed by atoms with van der Waals surface area (Å²) in [4.78, 5) is 52.9. The Hall–Kier alpha value is -5.04. The highest BCUT2D eigenvalue weighted by molar-refractivity contribution is 6.11. The summed E-state index contributed by atoms with van der Waals surface area (Å²) >= 11 is 0. The molecule has 12 nitrogen and oxygen atoms in total. The van der Waals surface area contributed by atoms with Crippen LogP contribution >= 0.6 is 0 Å². The quantitative estimate of drug-likeness (QED) is 0.0935. The molecule has 4 aromatic rings. The number of carbonyl (C=O) groups excluding carboxylic acids is 3. The van der Waals surface area contributed by atoms with Crippen LogP contribution in [0.25, 0.3) is 10.9 Å². The van der Waals surface area contributed by atoms with E-state index in [2.05, 4.69) is 4.98 Å². The van der Waals surface area contributed by atoms with Gasteiger partial charge >= 0.3 is 11.9 Å². The topological polar surface area (TPSA) is 154 Å². The van der Waals surface area contributed by atoms with Crippen molar-refractivity contribution in [3.05, 3.63) is 101 Å². The van der Waals surface area contributed by atoms with E-state index in [-0.39, 0.29) is 44.1 Å². The molecule has 47 heavy (non-hydrogen) atoms. The summed E-state index contributed by atoms with van der Waals surface area (Å²) in [7, 11) is 2.86. The van der Waals surface area contributed by atoms with Crippen molar-refractivity contribution in [2.75, 3.05) is 34.4 Å². The van der Waals surface area contributed by atoms with Gasteiger partial charge in [-0.15, -0.1) is 0 Å². The first-order chi connectivity index (χ1) is 22.6. The number of methoxy groups -OCH3 is 2. The molecule has 1 heterocycles. The predicted molar refractivity (Wildman–Crippen MR) is 173 cm³/mol. The van der Waals surface area contributed by atoms with Crippen LogP contribution in [0.2, 0.25) is 0 Å². The van der Waals surface area contributed by atoms with E-state index in [1.807, 2.05) is 72.5 Å². The Balaban J connectivity index is 0.00000142. The van der Waals surface area contributed by atoms with E-state index in [4.69, 9.17) is 33.6 Å². The Kier molecular flexibility index (Phi) is 14.6. The number of ketones is 1. The van der Waals surface area contributed by atoms with Crippen molar-refractivity contribution in [1.29, 1.82) is 0 Å². The van der Waals surface area contributed by atoms with Gasteiger partial charge in [-0.25, -0.2) is 4.79 Å². The normalized spacial score (nSPS) is 11.3. The number of H-pyrrole nitrogens is 1. The highest BCUT2D eigenvalue weighted by Gasteiger charge is 2.25. The molecule has 4 rings (SSSR count). The van der Waals surface area contributed by atoms with E-state index in [0.29, 0.717) is 35.4 Å². The number of carboxylic acids is 1. The molecular formula is C35H40N2O10. The average molecular weight is 649 g/mol. The largest absolute Gasteiger partial charge is 0.487 e. The summed E-state index contributed by atoms with van der Waals surface area (Å²) in [5, 5.41) is 7.94. The van der Waals surface area contributed by atoms with E-state index >= 15 is 0 Å². The molecule has 2 N–H and O–H groups in total. The molecular weight excluding hydrogens is 608 g/mol. The molecule has 0 saturated heterocycles. The molecule has 0 aliphatic heterocycles. The molecule has 0 amide bonds. The number of benzene rings is 3. The molecule has 1 atom stereocenters. The summed E-state index contributed by atoms with van der Waals surface area (Å²) < 4.78 is 26.0. The van der Waals surface area contributed by atoms with E-state index in [9.17, 15) is 14.4 Å². The molecule has 12 heteroatoms. The lowest BCUT2D eigenvalue weighted by Gasteiger charge is -2.28. The Morgan fingerprint density at radius 2 is 1.45 bits per heavy atom. The lowest BCUT2D eigenvalue weighted by molar-refractivity contribution is -0.155. The number of aliphatic carboxylic acids is 1. The van der Waals surface area contributed by atoms with Gasteiger partial charge in [-0.2, -0.15) is 0 Å². The average Bonchev–Trinajstić information content (AvgIpc) is 3.51. The van der Waals surface area contributed by atoms with Gasteiger partial charge in [0, 0.05) is 44.7 Å². The van der Waals surface area contributed by atoms with Crippen molar-refractivity contribution < 1.29 is 48.0 Å². The first-order valence-electron chi connectivity index (χ1n) is 14.8. The summed E-state index contributed by atoms with van der Waals surface area (Å²) in [6, 6.07) is 24.1. The van der Waals surface area contributed by atoms with Crippen LogP contribution in [0.15, 0.2) is 78.9 Å². The van der Waals surface area contributed by atoms with Crippen LogP contribution in [0.3, 0.4) is 0 Å². The predicted octanol–water partition coefficient (Wildman–Crippen LogP) is 5.21. The minimum Gasteiger partial charge on any atom is -0.487 e. The van der Waals surface area contributed by atoms with Crippen molar-refractivity contribution >= 4 is 34.6 Å². The number of hydrogen-bond donors (Lipinski definition) is 2. The third-order valence-electron chi connectivity index (χ3n) is 6.82. The van der Waals surface area contributed by atoms with Crippen LogP contribution in [0.4, 0.5) is 0 Å². The third kappa shape index (κ3) is 11.7. The molecule has 0 fully saturated rings. The van der Waals surface area contributed by atoms with Gasteiger partial charge in [0.2, 0.25) is 0 Å². The first kappa shape index (κ1) is 36.4. The standard InChI is InChI=1S/C33H36N2O8.C2H4O2/c1-23(16-31(37)42-21-39-2)35(18-24-10-6-4-7-11-24)19-29(36)26-14-15-30(41-20-25-12-8-5-9-13-25)32-27(26)17-28(34-32)33(38)43-22-40-3;1-2(3)4/h4-15,17,23,34H,16,18-22H2,1-3H3;1H3,(H,3,4). The summed E-state index contributed by atoms with van der Waals surface area (Å²) in [5.74, 6) is -1.59. The molecule has 0 bridgehead atoms. The molecule has 0 radical (unpaired) electrons. The second-order valence-corrected chi connectivity index (χ2v) is 10.5. The molecule has 0 spiro atoms. The molecule has 0 saturated carbocycles. The van der Waals surface area contributed by atoms with Gasteiger partial charge in [0.15, 0.2) is 19.4 Å². The highest BCUT2D eigenvalue weighted by atomic mass is 16.7. The second-order valence-electron chi connectivity index (χ2n) is 10.5.